The highest BCUT2D eigenvalue weighted by molar-refractivity contribution is 9.09. The van der Waals surface area contributed by atoms with E-state index in [9.17, 15) is 4.79 Å². The molecule has 1 amide bonds. The summed E-state index contributed by atoms with van der Waals surface area (Å²) in [5.41, 5.74) is 0. The van der Waals surface area contributed by atoms with Crippen molar-refractivity contribution in [2.75, 3.05) is 12.4 Å². The fourth-order valence-corrected chi connectivity index (χ4v) is 1.09. The van der Waals surface area contributed by atoms with Crippen LogP contribution in [0.25, 0.3) is 0 Å². The van der Waals surface area contributed by atoms with Gasteiger partial charge in [-0.25, -0.2) is 0 Å². The van der Waals surface area contributed by atoms with E-state index in [0.717, 1.165) is 6.42 Å². The first kappa shape index (κ1) is 11.8. The van der Waals surface area contributed by atoms with Crippen molar-refractivity contribution in [2.24, 2.45) is 0 Å². The van der Waals surface area contributed by atoms with Gasteiger partial charge in [0, 0.05) is 0 Å². The van der Waals surface area contributed by atoms with Crippen LogP contribution in [0.15, 0.2) is 0 Å². The van der Waals surface area contributed by atoms with Crippen LogP contribution >= 0.6 is 28.1 Å². The molecule has 1 atom stereocenters. The van der Waals surface area contributed by atoms with Crippen LogP contribution in [0, 0.1) is 0 Å². The number of alkyl halides is 1. The van der Waals surface area contributed by atoms with E-state index in [0.29, 0.717) is 5.05 Å². The maximum Gasteiger partial charge on any atom is 0.231 e. The minimum Gasteiger partial charge on any atom is -0.488 e. The van der Waals surface area contributed by atoms with Crippen LogP contribution in [-0.2, 0) is 9.53 Å². The Bertz CT molecular complexity index is 175. The summed E-state index contributed by atoms with van der Waals surface area (Å²) in [5, 5.41) is 3.43. The lowest BCUT2D eigenvalue weighted by molar-refractivity contribution is -0.118. The van der Waals surface area contributed by atoms with Gasteiger partial charge in [0.25, 0.3) is 0 Å². The molecular weight excluding hydrogens is 242 g/mol. The second kappa shape index (κ2) is 6.37. The Balaban J connectivity index is 3.99. The Morgan fingerprint density at radius 2 is 2.33 bits per heavy atom. The quantitative estimate of drug-likeness (QED) is 0.606. The molecule has 1 N–H and O–H groups in total. The van der Waals surface area contributed by atoms with Crippen molar-refractivity contribution in [3.63, 3.8) is 0 Å². The number of amides is 1. The van der Waals surface area contributed by atoms with Crippen LogP contribution in [0.5, 0.6) is 0 Å². The van der Waals surface area contributed by atoms with Gasteiger partial charge in [-0.1, -0.05) is 22.9 Å². The number of ether oxygens (including phenoxy) is 1. The van der Waals surface area contributed by atoms with Gasteiger partial charge in [-0.05, 0) is 18.6 Å². The zero-order chi connectivity index (χ0) is 9.56. The van der Waals surface area contributed by atoms with E-state index in [1.165, 1.54) is 7.11 Å². The molecule has 1 unspecified atom stereocenters. The largest absolute Gasteiger partial charge is 0.488 e. The molecule has 0 aromatic rings. The van der Waals surface area contributed by atoms with Gasteiger partial charge in [-0.2, -0.15) is 0 Å². The van der Waals surface area contributed by atoms with Gasteiger partial charge >= 0.3 is 0 Å². The third-order valence-electron chi connectivity index (χ3n) is 1.35. The Kier molecular flexibility index (Phi) is 6.28. The molecule has 0 saturated carbocycles. The molecule has 5 heteroatoms. The van der Waals surface area contributed by atoms with Crippen LogP contribution in [0.1, 0.15) is 13.3 Å². The van der Waals surface area contributed by atoms with Gasteiger partial charge in [0.1, 0.15) is 0 Å². The van der Waals surface area contributed by atoms with Crippen LogP contribution in [-0.4, -0.2) is 29.4 Å². The van der Waals surface area contributed by atoms with Gasteiger partial charge in [0.2, 0.25) is 5.91 Å². The molecule has 0 radical (unpaired) electrons. The summed E-state index contributed by atoms with van der Waals surface area (Å²) in [6.07, 6.45) is 0.741. The number of rotatable bonds is 4. The van der Waals surface area contributed by atoms with Gasteiger partial charge in [-0.15, -0.1) is 0 Å². The van der Waals surface area contributed by atoms with E-state index in [-0.39, 0.29) is 17.3 Å². The Hall–Kier alpha value is -0.160. The number of hydrogen-bond acceptors (Lipinski definition) is 3. The lowest BCUT2D eigenvalue weighted by Crippen LogP contribution is -2.40. The minimum absolute atomic E-state index is 0.0822. The predicted molar refractivity (Wildman–Crippen MR) is 55.6 cm³/mol. The van der Waals surface area contributed by atoms with Gasteiger partial charge in [-0.3, -0.25) is 4.79 Å². The van der Waals surface area contributed by atoms with E-state index in [1.54, 1.807) is 0 Å². The SMILES string of the molecule is CCC(NC(=O)CBr)C(=S)OC. The fraction of sp³-hybridized carbons (Fsp3) is 0.714. The van der Waals surface area contributed by atoms with Crippen LogP contribution in [0.4, 0.5) is 0 Å². The zero-order valence-corrected chi connectivity index (χ0v) is 9.50. The van der Waals surface area contributed by atoms with Gasteiger partial charge < -0.3 is 10.1 Å². The molecule has 12 heavy (non-hydrogen) atoms. The molecule has 0 saturated heterocycles. The topological polar surface area (TPSA) is 38.3 Å². The molecule has 0 spiro atoms. The summed E-state index contributed by atoms with van der Waals surface area (Å²) in [7, 11) is 1.51. The zero-order valence-electron chi connectivity index (χ0n) is 7.09. The summed E-state index contributed by atoms with van der Waals surface area (Å²) in [4.78, 5) is 10.9. The predicted octanol–water partition coefficient (Wildman–Crippen LogP) is 1.25. The molecule has 0 aliphatic carbocycles. The molecule has 0 aromatic heterocycles. The maximum absolute atomic E-state index is 10.9. The van der Waals surface area contributed by atoms with Crippen molar-refractivity contribution in [1.29, 1.82) is 0 Å². The van der Waals surface area contributed by atoms with Crippen molar-refractivity contribution < 1.29 is 9.53 Å². The normalized spacial score (nSPS) is 11.9. The molecule has 3 nitrogen and oxygen atoms in total. The molecule has 0 heterocycles. The summed E-state index contributed by atoms with van der Waals surface area (Å²) >= 11 is 7.94. The lowest BCUT2D eigenvalue weighted by atomic mass is 10.2. The van der Waals surface area contributed by atoms with Gasteiger partial charge in [0.05, 0.1) is 18.5 Å². The molecule has 0 rings (SSSR count). The van der Waals surface area contributed by atoms with E-state index in [1.807, 2.05) is 6.92 Å². The van der Waals surface area contributed by atoms with Gasteiger partial charge in [0.15, 0.2) is 5.05 Å². The Morgan fingerprint density at radius 1 is 1.75 bits per heavy atom. The summed E-state index contributed by atoms with van der Waals surface area (Å²) < 4.78 is 4.85. The van der Waals surface area contributed by atoms with E-state index >= 15 is 0 Å². The Morgan fingerprint density at radius 3 is 2.67 bits per heavy atom. The van der Waals surface area contributed by atoms with Crippen molar-refractivity contribution in [3.8, 4) is 0 Å². The van der Waals surface area contributed by atoms with Crippen molar-refractivity contribution in [1.82, 2.24) is 5.32 Å². The molecule has 70 valence electrons. The number of carbonyl (C=O) groups excluding carboxylic acids is 1. The van der Waals surface area contributed by atoms with Crippen LogP contribution < -0.4 is 5.32 Å². The molecular formula is C7H12BrNO2S. The first-order valence-electron chi connectivity index (χ1n) is 3.58. The number of nitrogens with one attached hydrogen (secondary N) is 1. The van der Waals surface area contributed by atoms with Crippen LogP contribution in [0.3, 0.4) is 0 Å². The number of hydrogen-bond donors (Lipinski definition) is 1. The summed E-state index contributed by atoms with van der Waals surface area (Å²) in [6.45, 7) is 1.94. The smallest absolute Gasteiger partial charge is 0.231 e. The monoisotopic (exact) mass is 253 g/mol. The van der Waals surface area contributed by atoms with E-state index in [2.05, 4.69) is 21.2 Å². The van der Waals surface area contributed by atoms with Crippen LogP contribution in [0.2, 0.25) is 0 Å². The van der Waals surface area contributed by atoms with E-state index in [4.69, 9.17) is 17.0 Å². The summed E-state index contributed by atoms with van der Waals surface area (Å²) in [6, 6.07) is -0.157. The lowest BCUT2D eigenvalue weighted by Gasteiger charge is -2.15. The molecule has 0 fully saturated rings. The first-order chi connectivity index (χ1) is 5.65. The third kappa shape index (κ3) is 4.01. The highest BCUT2D eigenvalue weighted by Gasteiger charge is 2.14. The summed E-state index contributed by atoms with van der Waals surface area (Å²) in [5.74, 6) is -0.0822. The molecule has 0 bridgehead atoms. The number of halogens is 1. The van der Waals surface area contributed by atoms with Crippen molar-refractivity contribution in [3.05, 3.63) is 0 Å². The number of methoxy groups -OCH3 is 1. The highest BCUT2D eigenvalue weighted by atomic mass is 79.9. The average Bonchev–Trinajstić information content (AvgIpc) is 2.12. The highest BCUT2D eigenvalue weighted by Crippen LogP contribution is 1.96. The number of thiocarbonyl (C=S) groups is 1. The Labute approximate surface area is 86.0 Å². The minimum atomic E-state index is -0.157. The van der Waals surface area contributed by atoms with Crippen molar-refractivity contribution in [2.45, 2.75) is 19.4 Å². The standard InChI is InChI=1S/C7H12BrNO2S/c1-3-5(7(12)11-2)9-6(10)4-8/h5H,3-4H2,1-2H3,(H,9,10). The maximum atomic E-state index is 10.9. The average molecular weight is 254 g/mol. The fourth-order valence-electron chi connectivity index (χ4n) is 0.703. The third-order valence-corrected chi connectivity index (χ3v) is 2.31. The number of carbonyl (C=O) groups is 1. The second-order valence-corrected chi connectivity index (χ2v) is 3.15. The second-order valence-electron chi connectivity index (χ2n) is 2.19. The molecule has 0 aliphatic rings. The first-order valence-corrected chi connectivity index (χ1v) is 5.11. The van der Waals surface area contributed by atoms with Crippen molar-refractivity contribution >= 4 is 39.1 Å². The van der Waals surface area contributed by atoms with E-state index < -0.39 is 0 Å². The molecule has 0 aromatic carbocycles. The molecule has 0 aliphatic heterocycles.